The standard InChI is InChI=1S/C15H10N2O2/c18-15(19)14-8-13(16-9-17-14)12-7-3-5-10-4-1-2-6-11(10)12/h1-9H,(H,18,19). The largest absolute Gasteiger partial charge is 0.477 e. The maximum Gasteiger partial charge on any atom is 0.354 e. The van der Waals surface area contributed by atoms with Gasteiger partial charge in [0.05, 0.1) is 5.69 Å². The highest BCUT2D eigenvalue weighted by Crippen LogP contribution is 2.27. The zero-order valence-corrected chi connectivity index (χ0v) is 9.95. The highest BCUT2D eigenvalue weighted by atomic mass is 16.4. The number of carboxylic acid groups (broad SMARTS) is 1. The van der Waals surface area contributed by atoms with Crippen molar-refractivity contribution in [3.05, 3.63) is 60.6 Å². The summed E-state index contributed by atoms with van der Waals surface area (Å²) in [7, 11) is 0. The lowest BCUT2D eigenvalue weighted by Crippen LogP contribution is -2.01. The number of hydrogen-bond acceptors (Lipinski definition) is 3. The Bertz CT molecular complexity index is 763. The summed E-state index contributed by atoms with van der Waals surface area (Å²) in [4.78, 5) is 18.9. The minimum atomic E-state index is -1.05. The van der Waals surface area contributed by atoms with E-state index in [1.807, 2.05) is 42.5 Å². The number of fused-ring (bicyclic) bond motifs is 1. The van der Waals surface area contributed by atoms with Gasteiger partial charge in [0.1, 0.15) is 6.33 Å². The lowest BCUT2D eigenvalue weighted by Gasteiger charge is -2.06. The molecule has 0 saturated heterocycles. The van der Waals surface area contributed by atoms with Crippen molar-refractivity contribution in [1.82, 2.24) is 9.97 Å². The molecule has 92 valence electrons. The van der Waals surface area contributed by atoms with E-state index in [2.05, 4.69) is 9.97 Å². The van der Waals surface area contributed by atoms with Crippen LogP contribution in [0.1, 0.15) is 10.5 Å². The summed E-state index contributed by atoms with van der Waals surface area (Å²) in [5, 5.41) is 11.1. The van der Waals surface area contributed by atoms with E-state index in [0.717, 1.165) is 16.3 Å². The smallest absolute Gasteiger partial charge is 0.354 e. The fraction of sp³-hybridized carbons (Fsp3) is 0. The molecule has 2 aromatic carbocycles. The summed E-state index contributed by atoms with van der Waals surface area (Å²) < 4.78 is 0. The third kappa shape index (κ3) is 2.04. The Kier molecular flexibility index (Phi) is 2.68. The fourth-order valence-corrected chi connectivity index (χ4v) is 2.07. The molecule has 3 rings (SSSR count). The molecule has 0 aliphatic rings. The summed E-state index contributed by atoms with van der Waals surface area (Å²) in [6, 6.07) is 15.3. The van der Waals surface area contributed by atoms with E-state index < -0.39 is 5.97 Å². The van der Waals surface area contributed by atoms with Gasteiger partial charge >= 0.3 is 5.97 Å². The maximum absolute atomic E-state index is 11.0. The Morgan fingerprint density at radius 3 is 2.63 bits per heavy atom. The fourth-order valence-electron chi connectivity index (χ4n) is 2.07. The van der Waals surface area contributed by atoms with Crippen molar-refractivity contribution in [3.63, 3.8) is 0 Å². The monoisotopic (exact) mass is 250 g/mol. The second-order valence-electron chi connectivity index (χ2n) is 4.12. The van der Waals surface area contributed by atoms with Gasteiger partial charge in [-0.1, -0.05) is 42.5 Å². The molecule has 1 heterocycles. The van der Waals surface area contributed by atoms with Gasteiger partial charge in [-0.15, -0.1) is 0 Å². The lowest BCUT2D eigenvalue weighted by molar-refractivity contribution is 0.0690. The first-order valence-corrected chi connectivity index (χ1v) is 5.79. The van der Waals surface area contributed by atoms with Crippen LogP contribution in [0.15, 0.2) is 54.9 Å². The van der Waals surface area contributed by atoms with Crippen LogP contribution in [0.4, 0.5) is 0 Å². The molecule has 0 spiro atoms. The van der Waals surface area contributed by atoms with Crippen LogP contribution in [0.5, 0.6) is 0 Å². The number of aromatic carboxylic acids is 1. The molecular weight excluding hydrogens is 240 g/mol. The number of hydrogen-bond donors (Lipinski definition) is 1. The van der Waals surface area contributed by atoms with E-state index in [9.17, 15) is 4.79 Å². The molecule has 0 atom stereocenters. The molecule has 0 aliphatic heterocycles. The minimum absolute atomic E-state index is 0.00191. The van der Waals surface area contributed by atoms with Gasteiger partial charge in [-0.25, -0.2) is 14.8 Å². The number of rotatable bonds is 2. The average molecular weight is 250 g/mol. The van der Waals surface area contributed by atoms with Crippen LogP contribution >= 0.6 is 0 Å². The highest BCUT2D eigenvalue weighted by molar-refractivity contribution is 5.96. The Labute approximate surface area is 109 Å². The zero-order valence-electron chi connectivity index (χ0n) is 9.95. The zero-order chi connectivity index (χ0) is 13.2. The molecule has 0 unspecified atom stereocenters. The van der Waals surface area contributed by atoms with Crippen molar-refractivity contribution in [2.75, 3.05) is 0 Å². The topological polar surface area (TPSA) is 63.1 Å². The number of aromatic nitrogens is 2. The Morgan fingerprint density at radius 1 is 1.00 bits per heavy atom. The predicted octanol–water partition coefficient (Wildman–Crippen LogP) is 3.00. The summed E-state index contributed by atoms with van der Waals surface area (Å²) in [6.07, 6.45) is 1.28. The van der Waals surface area contributed by atoms with Crippen LogP contribution in [-0.2, 0) is 0 Å². The molecular formula is C15H10N2O2. The molecule has 0 amide bonds. The number of nitrogens with zero attached hydrogens (tertiary/aromatic N) is 2. The number of benzene rings is 2. The van der Waals surface area contributed by atoms with Gasteiger partial charge in [-0.2, -0.15) is 0 Å². The Hall–Kier alpha value is -2.75. The van der Waals surface area contributed by atoms with Gasteiger partial charge in [-0.3, -0.25) is 0 Å². The van der Waals surface area contributed by atoms with Crippen LogP contribution in [0, 0.1) is 0 Å². The molecule has 3 aromatic rings. The maximum atomic E-state index is 11.0. The van der Waals surface area contributed by atoms with Gasteiger partial charge in [0.25, 0.3) is 0 Å². The normalized spacial score (nSPS) is 10.5. The summed E-state index contributed by atoms with van der Waals surface area (Å²) in [5.41, 5.74) is 1.52. The minimum Gasteiger partial charge on any atom is -0.477 e. The molecule has 0 fully saturated rings. The van der Waals surface area contributed by atoms with E-state index in [4.69, 9.17) is 5.11 Å². The molecule has 4 heteroatoms. The van der Waals surface area contributed by atoms with E-state index in [1.165, 1.54) is 12.4 Å². The van der Waals surface area contributed by atoms with Gasteiger partial charge in [-0.05, 0) is 16.8 Å². The molecule has 4 nitrogen and oxygen atoms in total. The van der Waals surface area contributed by atoms with Gasteiger partial charge in [0.2, 0.25) is 0 Å². The van der Waals surface area contributed by atoms with Crippen LogP contribution in [0.25, 0.3) is 22.0 Å². The molecule has 0 saturated carbocycles. The van der Waals surface area contributed by atoms with Crippen molar-refractivity contribution in [1.29, 1.82) is 0 Å². The third-order valence-electron chi connectivity index (χ3n) is 2.95. The van der Waals surface area contributed by atoms with E-state index >= 15 is 0 Å². The Balaban J connectivity index is 2.24. The van der Waals surface area contributed by atoms with Crippen LogP contribution < -0.4 is 0 Å². The SMILES string of the molecule is O=C(O)c1cc(-c2cccc3ccccc23)ncn1. The molecule has 0 bridgehead atoms. The van der Waals surface area contributed by atoms with Gasteiger partial charge in [0.15, 0.2) is 5.69 Å². The Morgan fingerprint density at radius 2 is 1.79 bits per heavy atom. The van der Waals surface area contributed by atoms with Crippen molar-refractivity contribution in [2.45, 2.75) is 0 Å². The van der Waals surface area contributed by atoms with E-state index in [-0.39, 0.29) is 5.69 Å². The summed E-state index contributed by atoms with van der Waals surface area (Å²) in [6.45, 7) is 0. The van der Waals surface area contributed by atoms with E-state index in [0.29, 0.717) is 5.69 Å². The van der Waals surface area contributed by atoms with Crippen molar-refractivity contribution in [2.24, 2.45) is 0 Å². The first-order chi connectivity index (χ1) is 9.25. The molecule has 1 N–H and O–H groups in total. The molecule has 19 heavy (non-hydrogen) atoms. The summed E-state index contributed by atoms with van der Waals surface area (Å²) in [5.74, 6) is -1.05. The number of carbonyl (C=O) groups is 1. The molecule has 0 aliphatic carbocycles. The van der Waals surface area contributed by atoms with Crippen molar-refractivity contribution < 1.29 is 9.90 Å². The number of carboxylic acids is 1. The van der Waals surface area contributed by atoms with Crippen LogP contribution in [0.3, 0.4) is 0 Å². The lowest BCUT2D eigenvalue weighted by atomic mass is 10.0. The van der Waals surface area contributed by atoms with Gasteiger partial charge in [0, 0.05) is 5.56 Å². The first kappa shape index (κ1) is 11.3. The van der Waals surface area contributed by atoms with E-state index in [1.54, 1.807) is 0 Å². The second kappa shape index (κ2) is 4.49. The first-order valence-electron chi connectivity index (χ1n) is 5.79. The highest BCUT2D eigenvalue weighted by Gasteiger charge is 2.09. The van der Waals surface area contributed by atoms with Gasteiger partial charge < -0.3 is 5.11 Å². The molecule has 0 radical (unpaired) electrons. The third-order valence-corrected chi connectivity index (χ3v) is 2.95. The van der Waals surface area contributed by atoms with Crippen LogP contribution in [-0.4, -0.2) is 21.0 Å². The van der Waals surface area contributed by atoms with Crippen molar-refractivity contribution in [3.8, 4) is 11.3 Å². The quantitative estimate of drug-likeness (QED) is 0.759. The van der Waals surface area contributed by atoms with Crippen LogP contribution in [0.2, 0.25) is 0 Å². The average Bonchev–Trinajstić information content (AvgIpc) is 2.47. The predicted molar refractivity (Wildman–Crippen MR) is 71.9 cm³/mol. The molecule has 1 aromatic heterocycles. The summed E-state index contributed by atoms with van der Waals surface area (Å²) >= 11 is 0. The van der Waals surface area contributed by atoms with Crippen molar-refractivity contribution >= 4 is 16.7 Å². The second-order valence-corrected chi connectivity index (χ2v) is 4.12.